The topological polar surface area (TPSA) is 44.2 Å². The summed E-state index contributed by atoms with van der Waals surface area (Å²) >= 11 is 1.79. The first-order valence-corrected chi connectivity index (χ1v) is 11.4. The fourth-order valence-corrected chi connectivity index (χ4v) is 5.23. The van der Waals surface area contributed by atoms with Crippen LogP contribution in [0.2, 0.25) is 0 Å². The zero-order chi connectivity index (χ0) is 20.5. The smallest absolute Gasteiger partial charge is 0.140 e. The van der Waals surface area contributed by atoms with Crippen molar-refractivity contribution in [1.82, 2.24) is 4.90 Å². The molecule has 0 bridgehead atoms. The molecule has 1 aromatic heterocycles. The fourth-order valence-electron chi connectivity index (χ4n) is 4.31. The van der Waals surface area contributed by atoms with Gasteiger partial charge in [0, 0.05) is 11.3 Å². The van der Waals surface area contributed by atoms with Crippen LogP contribution in [-0.4, -0.2) is 36.4 Å². The van der Waals surface area contributed by atoms with Gasteiger partial charge in [-0.15, -0.1) is 11.3 Å². The number of benzene rings is 2. The zero-order valence-electron chi connectivity index (χ0n) is 17.1. The van der Waals surface area contributed by atoms with Crippen molar-refractivity contribution in [2.45, 2.75) is 25.8 Å². The number of anilines is 2. The molecule has 3 heterocycles. The molecule has 4 nitrogen and oxygen atoms in total. The number of fused-ring (bicyclic) bond motifs is 2. The molecule has 154 valence electrons. The van der Waals surface area contributed by atoms with E-state index >= 15 is 0 Å². The van der Waals surface area contributed by atoms with Crippen LogP contribution in [0, 0.1) is 12.7 Å². The number of amidine groups is 1. The number of rotatable bonds is 3. The molecule has 2 aromatic carbocycles. The summed E-state index contributed by atoms with van der Waals surface area (Å²) in [7, 11) is 0. The normalized spacial score (nSPS) is 18.1. The van der Waals surface area contributed by atoms with Gasteiger partial charge in [-0.1, -0.05) is 24.3 Å². The number of aliphatic imine (C=N–C) groups is 1. The van der Waals surface area contributed by atoms with E-state index in [0.717, 1.165) is 49.7 Å². The third-order valence-corrected chi connectivity index (χ3v) is 6.81. The molecular weight excluding hydrogens is 395 g/mol. The minimum Gasteiger partial charge on any atom is -0.345 e. The van der Waals surface area contributed by atoms with Crippen molar-refractivity contribution in [2.75, 3.05) is 25.0 Å². The molecule has 0 amide bonds. The lowest BCUT2D eigenvalue weighted by Gasteiger charge is -2.33. The summed E-state index contributed by atoms with van der Waals surface area (Å²) in [5, 5.41) is 7.22. The number of nitrogens with two attached hydrogens (primary N) is 1. The molecule has 0 radical (unpaired) electrons. The molecule has 1 unspecified atom stereocenters. The number of hydrogen-bond acceptors (Lipinski definition) is 4. The summed E-state index contributed by atoms with van der Waals surface area (Å²) in [6.07, 6.45) is 2.04. The SMILES string of the molecule is Cc1cc2c(s1)Nc1ccccc1N=C2N1CC[NH2+]C(CCc2ccc(F)cc2)C1. The predicted octanol–water partition coefficient (Wildman–Crippen LogP) is 4.21. The molecule has 2 aliphatic heterocycles. The molecule has 2 aliphatic rings. The summed E-state index contributed by atoms with van der Waals surface area (Å²) < 4.78 is 13.2. The molecule has 0 aliphatic carbocycles. The number of hydrogen-bond donors (Lipinski definition) is 2. The van der Waals surface area contributed by atoms with Gasteiger partial charge in [-0.2, -0.15) is 0 Å². The lowest BCUT2D eigenvalue weighted by Crippen LogP contribution is -2.95. The number of nitrogens with one attached hydrogen (secondary N) is 1. The molecule has 1 saturated heterocycles. The Morgan fingerprint density at radius 2 is 2.03 bits per heavy atom. The molecule has 0 saturated carbocycles. The Morgan fingerprint density at radius 3 is 2.90 bits per heavy atom. The summed E-state index contributed by atoms with van der Waals surface area (Å²) in [6, 6.07) is 17.9. The van der Waals surface area contributed by atoms with Crippen LogP contribution in [0.3, 0.4) is 0 Å². The Hall–Kier alpha value is -2.70. The Bertz CT molecular complexity index is 1070. The highest BCUT2D eigenvalue weighted by molar-refractivity contribution is 7.16. The standard InChI is InChI=1S/C24H25FN4S/c1-16-14-20-23(27-21-4-2-3-5-22(21)28-24(20)30-16)29-13-12-26-19(15-29)11-8-17-6-9-18(25)10-7-17/h2-7,9-10,14,19,26,28H,8,11-13,15H2,1H3/p+1. The van der Waals surface area contributed by atoms with E-state index in [2.05, 4.69) is 40.7 Å². The monoisotopic (exact) mass is 421 g/mol. The molecule has 30 heavy (non-hydrogen) atoms. The number of para-hydroxylation sites is 2. The van der Waals surface area contributed by atoms with Crippen molar-refractivity contribution in [3.8, 4) is 0 Å². The second kappa shape index (κ2) is 8.20. The zero-order valence-corrected chi connectivity index (χ0v) is 17.9. The van der Waals surface area contributed by atoms with Gasteiger partial charge in [-0.25, -0.2) is 9.38 Å². The first-order valence-electron chi connectivity index (χ1n) is 10.5. The summed E-state index contributed by atoms with van der Waals surface area (Å²) in [6.45, 7) is 5.17. The Kier molecular flexibility index (Phi) is 5.27. The van der Waals surface area contributed by atoms with Crippen LogP contribution < -0.4 is 10.6 Å². The second-order valence-electron chi connectivity index (χ2n) is 8.07. The van der Waals surface area contributed by atoms with Gasteiger partial charge in [0.2, 0.25) is 0 Å². The van der Waals surface area contributed by atoms with Crippen molar-refractivity contribution in [3.05, 3.63) is 76.4 Å². The number of thiophene rings is 1. The fraction of sp³-hybridized carbons (Fsp3) is 0.292. The van der Waals surface area contributed by atoms with Crippen molar-refractivity contribution in [2.24, 2.45) is 4.99 Å². The van der Waals surface area contributed by atoms with Gasteiger partial charge in [-0.05, 0) is 49.2 Å². The van der Waals surface area contributed by atoms with Crippen LogP contribution in [0.1, 0.15) is 22.4 Å². The van der Waals surface area contributed by atoms with Gasteiger partial charge in [0.15, 0.2) is 0 Å². The van der Waals surface area contributed by atoms with E-state index in [9.17, 15) is 4.39 Å². The van der Waals surface area contributed by atoms with Crippen LogP contribution in [0.15, 0.2) is 59.6 Å². The molecule has 3 N–H and O–H groups in total. The summed E-state index contributed by atoms with van der Waals surface area (Å²) in [4.78, 5) is 8.85. The van der Waals surface area contributed by atoms with E-state index in [1.165, 1.54) is 21.0 Å². The molecular formula is C24H26FN4S+. The molecule has 0 spiro atoms. The van der Waals surface area contributed by atoms with E-state index in [-0.39, 0.29) is 5.82 Å². The van der Waals surface area contributed by atoms with Gasteiger partial charge in [0.25, 0.3) is 0 Å². The van der Waals surface area contributed by atoms with Gasteiger partial charge >= 0.3 is 0 Å². The highest BCUT2D eigenvalue weighted by Gasteiger charge is 2.29. The maximum Gasteiger partial charge on any atom is 0.140 e. The van der Waals surface area contributed by atoms with Crippen LogP contribution in [-0.2, 0) is 6.42 Å². The molecule has 3 aromatic rings. The molecule has 6 heteroatoms. The predicted molar refractivity (Wildman–Crippen MR) is 122 cm³/mol. The Balaban J connectivity index is 1.38. The van der Waals surface area contributed by atoms with Crippen molar-refractivity contribution in [1.29, 1.82) is 0 Å². The lowest BCUT2D eigenvalue weighted by atomic mass is 10.0. The van der Waals surface area contributed by atoms with Crippen LogP contribution in [0.5, 0.6) is 0 Å². The average Bonchev–Trinajstić information content (AvgIpc) is 3.05. The summed E-state index contributed by atoms with van der Waals surface area (Å²) in [5.41, 5.74) is 4.45. The minimum atomic E-state index is -0.170. The average molecular weight is 422 g/mol. The van der Waals surface area contributed by atoms with Gasteiger partial charge in [0.1, 0.15) is 22.7 Å². The number of halogens is 1. The maximum absolute atomic E-state index is 13.2. The largest absolute Gasteiger partial charge is 0.345 e. The Morgan fingerprint density at radius 1 is 1.20 bits per heavy atom. The van der Waals surface area contributed by atoms with Gasteiger partial charge < -0.3 is 15.5 Å². The molecule has 1 fully saturated rings. The Labute approximate surface area is 180 Å². The van der Waals surface area contributed by atoms with Crippen molar-refractivity contribution in [3.63, 3.8) is 0 Å². The molecule has 5 rings (SSSR count). The number of quaternary nitrogens is 1. The van der Waals surface area contributed by atoms with Crippen LogP contribution >= 0.6 is 11.3 Å². The number of aryl methyl sites for hydroxylation is 2. The van der Waals surface area contributed by atoms with E-state index in [1.807, 2.05) is 24.3 Å². The maximum atomic E-state index is 13.2. The van der Waals surface area contributed by atoms with Crippen molar-refractivity contribution >= 4 is 33.5 Å². The molecule has 1 atom stereocenters. The van der Waals surface area contributed by atoms with Crippen molar-refractivity contribution < 1.29 is 9.71 Å². The quantitative estimate of drug-likeness (QED) is 0.665. The van der Waals surface area contributed by atoms with Crippen LogP contribution in [0.25, 0.3) is 0 Å². The minimum absolute atomic E-state index is 0.170. The lowest BCUT2D eigenvalue weighted by molar-refractivity contribution is -0.697. The van der Waals surface area contributed by atoms with E-state index in [4.69, 9.17) is 4.99 Å². The highest BCUT2D eigenvalue weighted by atomic mass is 32.1. The first kappa shape index (κ1) is 19.3. The number of nitrogens with zero attached hydrogens (tertiary/aromatic N) is 2. The third-order valence-electron chi connectivity index (χ3n) is 5.85. The van der Waals surface area contributed by atoms with Gasteiger partial charge in [-0.3, -0.25) is 0 Å². The van der Waals surface area contributed by atoms with Gasteiger partial charge in [0.05, 0.1) is 36.6 Å². The third kappa shape index (κ3) is 3.98. The highest BCUT2D eigenvalue weighted by Crippen LogP contribution is 2.39. The number of piperazine rings is 1. The van der Waals surface area contributed by atoms with E-state index in [0.29, 0.717) is 6.04 Å². The summed E-state index contributed by atoms with van der Waals surface area (Å²) in [5.74, 6) is 0.906. The van der Waals surface area contributed by atoms with E-state index in [1.54, 1.807) is 23.5 Å². The first-order chi connectivity index (χ1) is 14.7. The second-order valence-corrected chi connectivity index (χ2v) is 9.33. The van der Waals surface area contributed by atoms with Crippen LogP contribution in [0.4, 0.5) is 20.8 Å². The van der Waals surface area contributed by atoms with E-state index < -0.39 is 0 Å².